The zero-order valence-corrected chi connectivity index (χ0v) is 9.03. The largest absolute Gasteiger partial charge is 0.480 e. The molecule has 0 aromatic carbocycles. The van der Waals surface area contributed by atoms with Crippen molar-refractivity contribution in [3.05, 3.63) is 0 Å². The lowest BCUT2D eigenvalue weighted by Crippen LogP contribution is -2.49. The van der Waals surface area contributed by atoms with Gasteiger partial charge in [0.05, 0.1) is 19.6 Å². The monoisotopic (exact) mass is 254 g/mol. The molecule has 17 heavy (non-hydrogen) atoms. The molecule has 1 fully saturated rings. The van der Waals surface area contributed by atoms with Crippen molar-refractivity contribution in [2.75, 3.05) is 32.7 Å². The second-order valence-corrected chi connectivity index (χ2v) is 3.89. The van der Waals surface area contributed by atoms with E-state index in [2.05, 4.69) is 0 Å². The van der Waals surface area contributed by atoms with Crippen LogP contribution in [0.5, 0.6) is 0 Å². The molecule has 0 aliphatic carbocycles. The summed E-state index contributed by atoms with van der Waals surface area (Å²) in [7, 11) is 0. The van der Waals surface area contributed by atoms with E-state index in [-0.39, 0.29) is 0 Å². The molecule has 1 rings (SSSR count). The Bertz CT molecular complexity index is 302. The van der Waals surface area contributed by atoms with Gasteiger partial charge in [0.1, 0.15) is 0 Å². The number of halogens is 3. The molecular formula is C9H13F3N2O3. The SMILES string of the molecule is O=C(O)CN(CC(=O)N1CCC1)CC(F)(F)F. The van der Waals surface area contributed by atoms with Crippen LogP contribution in [-0.4, -0.2) is 65.7 Å². The van der Waals surface area contributed by atoms with Crippen molar-refractivity contribution >= 4 is 11.9 Å². The molecule has 0 aromatic rings. The summed E-state index contributed by atoms with van der Waals surface area (Å²) in [6.45, 7) is -1.62. The molecule has 0 radical (unpaired) electrons. The summed E-state index contributed by atoms with van der Waals surface area (Å²) in [6, 6.07) is 0. The molecule has 1 N–H and O–H groups in total. The van der Waals surface area contributed by atoms with E-state index >= 15 is 0 Å². The number of hydrogen-bond acceptors (Lipinski definition) is 3. The highest BCUT2D eigenvalue weighted by atomic mass is 19.4. The van der Waals surface area contributed by atoms with Crippen LogP contribution in [0.2, 0.25) is 0 Å². The Morgan fingerprint density at radius 2 is 1.82 bits per heavy atom. The summed E-state index contributed by atoms with van der Waals surface area (Å²) >= 11 is 0. The summed E-state index contributed by atoms with van der Waals surface area (Å²) in [5.74, 6) is -1.84. The smallest absolute Gasteiger partial charge is 0.401 e. The van der Waals surface area contributed by atoms with Crippen LogP contribution >= 0.6 is 0 Å². The van der Waals surface area contributed by atoms with Gasteiger partial charge in [0.2, 0.25) is 5.91 Å². The van der Waals surface area contributed by atoms with E-state index < -0.39 is 37.7 Å². The number of carbonyl (C=O) groups is 2. The highest BCUT2D eigenvalue weighted by Gasteiger charge is 2.33. The summed E-state index contributed by atoms with van der Waals surface area (Å²) < 4.78 is 36.4. The number of hydrogen-bond donors (Lipinski definition) is 1. The number of carboxylic acid groups (broad SMARTS) is 1. The summed E-state index contributed by atoms with van der Waals surface area (Å²) in [4.78, 5) is 23.8. The number of likely N-dealkylation sites (tertiary alicyclic amines) is 1. The number of amides is 1. The van der Waals surface area contributed by atoms with Gasteiger partial charge in [0.25, 0.3) is 0 Å². The Balaban J connectivity index is 2.49. The molecule has 98 valence electrons. The maximum absolute atomic E-state index is 12.1. The molecule has 1 amide bonds. The Morgan fingerprint density at radius 1 is 1.24 bits per heavy atom. The predicted molar refractivity (Wildman–Crippen MR) is 51.3 cm³/mol. The first-order valence-corrected chi connectivity index (χ1v) is 5.06. The minimum atomic E-state index is -4.51. The normalized spacial score (nSPS) is 15.9. The summed E-state index contributed by atoms with van der Waals surface area (Å²) in [5.41, 5.74) is 0. The van der Waals surface area contributed by atoms with Crippen LogP contribution in [0, 0.1) is 0 Å². The van der Waals surface area contributed by atoms with Gasteiger partial charge >= 0.3 is 12.1 Å². The molecule has 8 heteroatoms. The number of aliphatic carboxylic acids is 1. The van der Waals surface area contributed by atoms with Crippen LogP contribution in [0.4, 0.5) is 13.2 Å². The van der Waals surface area contributed by atoms with E-state index in [9.17, 15) is 22.8 Å². The van der Waals surface area contributed by atoms with Gasteiger partial charge in [-0.05, 0) is 6.42 Å². The van der Waals surface area contributed by atoms with Crippen LogP contribution < -0.4 is 0 Å². The average molecular weight is 254 g/mol. The standard InChI is InChI=1S/C9H13F3N2O3/c10-9(11,12)6-13(5-8(16)17)4-7(15)14-2-1-3-14/h1-6H2,(H,16,17). The molecule has 0 atom stereocenters. The van der Waals surface area contributed by atoms with Crippen LogP contribution in [0.3, 0.4) is 0 Å². The van der Waals surface area contributed by atoms with E-state index in [0.29, 0.717) is 18.0 Å². The maximum Gasteiger partial charge on any atom is 0.401 e. The molecule has 1 aliphatic rings. The van der Waals surface area contributed by atoms with Crippen LogP contribution in [0.1, 0.15) is 6.42 Å². The second kappa shape index (κ2) is 5.35. The van der Waals surface area contributed by atoms with Crippen molar-refractivity contribution in [3.63, 3.8) is 0 Å². The van der Waals surface area contributed by atoms with Crippen LogP contribution in [0.25, 0.3) is 0 Å². The first kappa shape index (κ1) is 13.8. The quantitative estimate of drug-likeness (QED) is 0.759. The van der Waals surface area contributed by atoms with E-state index in [4.69, 9.17) is 5.11 Å². The first-order valence-electron chi connectivity index (χ1n) is 5.06. The van der Waals surface area contributed by atoms with Crippen LogP contribution in [-0.2, 0) is 9.59 Å². The number of rotatable bonds is 5. The summed E-state index contributed by atoms with van der Waals surface area (Å²) in [5, 5.41) is 8.47. The van der Waals surface area contributed by atoms with Crippen molar-refractivity contribution in [2.24, 2.45) is 0 Å². The molecule has 1 saturated heterocycles. The second-order valence-electron chi connectivity index (χ2n) is 3.89. The van der Waals surface area contributed by atoms with Crippen molar-refractivity contribution in [2.45, 2.75) is 12.6 Å². The number of carboxylic acids is 1. The molecule has 0 spiro atoms. The minimum Gasteiger partial charge on any atom is -0.480 e. The highest BCUT2D eigenvalue weighted by Crippen LogP contribution is 2.16. The fourth-order valence-corrected chi connectivity index (χ4v) is 1.47. The summed E-state index contributed by atoms with van der Waals surface area (Å²) in [6.07, 6.45) is -3.67. The Kier molecular flexibility index (Phi) is 4.33. The van der Waals surface area contributed by atoms with Gasteiger partial charge < -0.3 is 10.0 Å². The number of nitrogens with zero attached hydrogens (tertiary/aromatic N) is 2. The van der Waals surface area contributed by atoms with Gasteiger partial charge in [-0.2, -0.15) is 13.2 Å². The van der Waals surface area contributed by atoms with Gasteiger partial charge in [-0.25, -0.2) is 0 Å². The highest BCUT2D eigenvalue weighted by molar-refractivity contribution is 5.79. The fraction of sp³-hybridized carbons (Fsp3) is 0.778. The average Bonchev–Trinajstić information content (AvgIpc) is 1.93. The van der Waals surface area contributed by atoms with Crippen molar-refractivity contribution in [1.82, 2.24) is 9.80 Å². The molecule has 1 heterocycles. The van der Waals surface area contributed by atoms with Crippen molar-refractivity contribution in [3.8, 4) is 0 Å². The van der Waals surface area contributed by atoms with E-state index in [0.717, 1.165) is 6.42 Å². The topological polar surface area (TPSA) is 60.9 Å². The third kappa shape index (κ3) is 5.03. The molecule has 1 aliphatic heterocycles. The first-order chi connectivity index (χ1) is 7.78. The Morgan fingerprint density at radius 3 is 2.18 bits per heavy atom. The third-order valence-electron chi connectivity index (χ3n) is 2.33. The van der Waals surface area contributed by atoms with Crippen molar-refractivity contribution in [1.29, 1.82) is 0 Å². The zero-order valence-electron chi connectivity index (χ0n) is 9.03. The van der Waals surface area contributed by atoms with Crippen molar-refractivity contribution < 1.29 is 27.9 Å². The number of alkyl halides is 3. The lowest BCUT2D eigenvalue weighted by Gasteiger charge is -2.33. The molecule has 0 unspecified atom stereocenters. The van der Waals surface area contributed by atoms with E-state index in [1.807, 2.05) is 0 Å². The van der Waals surface area contributed by atoms with Gasteiger partial charge in [0.15, 0.2) is 0 Å². The van der Waals surface area contributed by atoms with Gasteiger partial charge in [-0.15, -0.1) is 0 Å². The minimum absolute atomic E-state index is 0.457. The molecular weight excluding hydrogens is 241 g/mol. The molecule has 0 saturated carbocycles. The van der Waals surface area contributed by atoms with Crippen LogP contribution in [0.15, 0.2) is 0 Å². The van der Waals surface area contributed by atoms with Gasteiger partial charge in [0, 0.05) is 13.1 Å². The molecule has 5 nitrogen and oxygen atoms in total. The fourth-order valence-electron chi connectivity index (χ4n) is 1.47. The third-order valence-corrected chi connectivity index (χ3v) is 2.33. The predicted octanol–water partition coefficient (Wildman–Crippen LogP) is 0.168. The van der Waals surface area contributed by atoms with Gasteiger partial charge in [-0.3, -0.25) is 14.5 Å². The lowest BCUT2D eigenvalue weighted by atomic mass is 10.2. The van der Waals surface area contributed by atoms with E-state index in [1.54, 1.807) is 0 Å². The number of carbonyl (C=O) groups excluding carboxylic acids is 1. The molecule has 0 bridgehead atoms. The van der Waals surface area contributed by atoms with Gasteiger partial charge in [-0.1, -0.05) is 0 Å². The zero-order chi connectivity index (χ0) is 13.1. The Labute approximate surface area is 95.8 Å². The Hall–Kier alpha value is -1.31. The van der Waals surface area contributed by atoms with E-state index in [1.165, 1.54) is 4.90 Å². The lowest BCUT2D eigenvalue weighted by molar-refractivity contribution is -0.157. The maximum atomic E-state index is 12.1. The molecule has 0 aromatic heterocycles.